The van der Waals surface area contributed by atoms with Crippen LogP contribution in [-0.2, 0) is 24.7 Å². The zero-order valence-corrected chi connectivity index (χ0v) is 19.0. The number of nitrogens with one attached hydrogen (secondary N) is 1. The summed E-state index contributed by atoms with van der Waals surface area (Å²) in [5.41, 5.74) is 3.56. The maximum atomic E-state index is 12.4. The highest BCUT2D eigenvalue weighted by Gasteiger charge is 2.10. The number of nitro benzene ring substituents is 1. The number of halogens is 1. The molecule has 0 saturated heterocycles. The Labute approximate surface area is 191 Å². The predicted octanol–water partition coefficient (Wildman–Crippen LogP) is 5.17. The molecule has 0 aliphatic carbocycles. The molecule has 0 aliphatic heterocycles. The zero-order chi connectivity index (χ0) is 21.5. The number of anilines is 1. The average Bonchev–Trinajstić information content (AvgIpc) is 3.07. The number of hydrogen-bond donors (Lipinski definition) is 1. The van der Waals surface area contributed by atoms with Gasteiger partial charge in [0.15, 0.2) is 4.80 Å². The Hall–Kier alpha value is -2.97. The van der Waals surface area contributed by atoms with E-state index >= 15 is 0 Å². The van der Waals surface area contributed by atoms with E-state index in [1.807, 2.05) is 29.1 Å². The van der Waals surface area contributed by atoms with Gasteiger partial charge in [-0.3, -0.25) is 14.9 Å². The molecular weight excluding hydrogens is 436 g/mol. The standard InChI is InChI=1S/C22H24N4O3S.ClH/c1-3-4-5-16-6-8-18(9-7-16)24-22-25(2)20(15-30-22)14-21(27)23-17-10-12-19(13-11-17)26(28)29;/h6-13,15H,3-5,14H2,1-2H3,(H,23,27);1H/b24-22+;. The van der Waals surface area contributed by atoms with Gasteiger partial charge in [-0.1, -0.05) is 25.5 Å². The van der Waals surface area contributed by atoms with E-state index in [-0.39, 0.29) is 30.4 Å². The highest BCUT2D eigenvalue weighted by atomic mass is 35.5. The van der Waals surface area contributed by atoms with Crippen LogP contribution in [0, 0.1) is 10.1 Å². The van der Waals surface area contributed by atoms with Crippen LogP contribution in [0.15, 0.2) is 58.9 Å². The number of nitrogens with zero attached hydrogens (tertiary/aromatic N) is 3. The van der Waals surface area contributed by atoms with Crippen LogP contribution in [0.2, 0.25) is 0 Å². The number of thiazole rings is 1. The number of unbranched alkanes of at least 4 members (excludes halogenated alkanes) is 1. The van der Waals surface area contributed by atoms with Crippen molar-refractivity contribution in [2.75, 3.05) is 5.32 Å². The number of aryl methyl sites for hydroxylation is 1. The van der Waals surface area contributed by atoms with Crippen LogP contribution in [0.3, 0.4) is 0 Å². The third kappa shape index (κ3) is 6.77. The highest BCUT2D eigenvalue weighted by Crippen LogP contribution is 2.17. The second-order valence-corrected chi connectivity index (χ2v) is 7.82. The maximum Gasteiger partial charge on any atom is 0.269 e. The van der Waals surface area contributed by atoms with Gasteiger partial charge in [0, 0.05) is 35.9 Å². The molecule has 164 valence electrons. The van der Waals surface area contributed by atoms with E-state index < -0.39 is 4.92 Å². The number of carbonyl (C=O) groups is 1. The van der Waals surface area contributed by atoms with Gasteiger partial charge in [-0.05, 0) is 42.7 Å². The molecule has 0 spiro atoms. The van der Waals surface area contributed by atoms with Crippen molar-refractivity contribution in [1.82, 2.24) is 4.57 Å². The molecule has 0 unspecified atom stereocenters. The first-order chi connectivity index (χ1) is 14.5. The van der Waals surface area contributed by atoms with Crippen LogP contribution in [0.25, 0.3) is 0 Å². The fourth-order valence-electron chi connectivity index (χ4n) is 2.93. The molecule has 9 heteroatoms. The van der Waals surface area contributed by atoms with Gasteiger partial charge in [-0.25, -0.2) is 4.99 Å². The Balaban J connectivity index is 0.00000341. The molecule has 1 aromatic heterocycles. The summed E-state index contributed by atoms with van der Waals surface area (Å²) in [6.07, 6.45) is 3.63. The normalized spacial score (nSPS) is 11.1. The van der Waals surface area contributed by atoms with Crippen molar-refractivity contribution >= 4 is 46.7 Å². The predicted molar refractivity (Wildman–Crippen MR) is 126 cm³/mol. The van der Waals surface area contributed by atoms with Crippen LogP contribution >= 0.6 is 23.7 Å². The zero-order valence-electron chi connectivity index (χ0n) is 17.4. The minimum Gasteiger partial charge on any atom is -0.326 e. The minimum absolute atomic E-state index is 0. The summed E-state index contributed by atoms with van der Waals surface area (Å²) in [5, 5.41) is 15.4. The second kappa shape index (κ2) is 11.4. The quantitative estimate of drug-likeness (QED) is 0.371. The van der Waals surface area contributed by atoms with Crippen LogP contribution in [0.4, 0.5) is 17.1 Å². The largest absolute Gasteiger partial charge is 0.326 e. The second-order valence-electron chi connectivity index (χ2n) is 6.98. The average molecular weight is 461 g/mol. The van der Waals surface area contributed by atoms with Gasteiger partial charge in [-0.15, -0.1) is 23.7 Å². The van der Waals surface area contributed by atoms with Crippen molar-refractivity contribution in [1.29, 1.82) is 0 Å². The maximum absolute atomic E-state index is 12.4. The summed E-state index contributed by atoms with van der Waals surface area (Å²) >= 11 is 1.48. The Morgan fingerprint density at radius 2 is 1.84 bits per heavy atom. The van der Waals surface area contributed by atoms with Crippen molar-refractivity contribution < 1.29 is 9.72 Å². The summed E-state index contributed by atoms with van der Waals surface area (Å²) in [4.78, 5) is 28.1. The molecule has 0 fully saturated rings. The van der Waals surface area contributed by atoms with Gasteiger partial charge < -0.3 is 9.88 Å². The number of hydrogen-bond acceptors (Lipinski definition) is 5. The molecular formula is C22H25ClN4O3S. The molecule has 0 bridgehead atoms. The van der Waals surface area contributed by atoms with Gasteiger partial charge >= 0.3 is 0 Å². The molecule has 1 heterocycles. The third-order valence-electron chi connectivity index (χ3n) is 4.70. The van der Waals surface area contributed by atoms with Crippen molar-refractivity contribution in [3.8, 4) is 0 Å². The summed E-state index contributed by atoms with van der Waals surface area (Å²) in [6.45, 7) is 2.18. The molecule has 7 nitrogen and oxygen atoms in total. The number of carbonyl (C=O) groups excluding carboxylic acids is 1. The van der Waals surface area contributed by atoms with Gasteiger partial charge in [0.25, 0.3) is 5.69 Å². The number of non-ortho nitro benzene ring substituents is 1. The number of rotatable bonds is 8. The summed E-state index contributed by atoms with van der Waals surface area (Å²) in [5.74, 6) is -0.191. The number of nitro groups is 1. The van der Waals surface area contributed by atoms with E-state index in [4.69, 9.17) is 0 Å². The first-order valence-electron chi connectivity index (χ1n) is 9.77. The van der Waals surface area contributed by atoms with E-state index in [0.717, 1.165) is 22.6 Å². The smallest absolute Gasteiger partial charge is 0.269 e. The molecule has 2 aromatic carbocycles. The lowest BCUT2D eigenvalue weighted by molar-refractivity contribution is -0.384. The molecule has 0 saturated carbocycles. The minimum atomic E-state index is -0.471. The molecule has 31 heavy (non-hydrogen) atoms. The number of benzene rings is 2. The lowest BCUT2D eigenvalue weighted by Crippen LogP contribution is -2.19. The van der Waals surface area contributed by atoms with E-state index in [2.05, 4.69) is 29.4 Å². The third-order valence-corrected chi connectivity index (χ3v) is 5.67. The Kier molecular flexibility index (Phi) is 8.96. The lowest BCUT2D eigenvalue weighted by atomic mass is 10.1. The van der Waals surface area contributed by atoms with Crippen molar-refractivity contribution in [2.24, 2.45) is 12.0 Å². The van der Waals surface area contributed by atoms with Crippen LogP contribution in [-0.4, -0.2) is 15.4 Å². The van der Waals surface area contributed by atoms with E-state index in [0.29, 0.717) is 5.69 Å². The van der Waals surface area contributed by atoms with Gasteiger partial charge in [-0.2, -0.15) is 0 Å². The van der Waals surface area contributed by atoms with Gasteiger partial charge in [0.05, 0.1) is 17.0 Å². The van der Waals surface area contributed by atoms with E-state index in [9.17, 15) is 14.9 Å². The first-order valence-corrected chi connectivity index (χ1v) is 10.7. The Bertz CT molecular complexity index is 1090. The van der Waals surface area contributed by atoms with Crippen LogP contribution in [0.5, 0.6) is 0 Å². The van der Waals surface area contributed by atoms with E-state index in [1.54, 1.807) is 0 Å². The van der Waals surface area contributed by atoms with Gasteiger partial charge in [0.1, 0.15) is 0 Å². The molecule has 0 aliphatic rings. The molecule has 1 N–H and O–H groups in total. The van der Waals surface area contributed by atoms with Crippen LogP contribution < -0.4 is 10.1 Å². The van der Waals surface area contributed by atoms with Crippen LogP contribution in [0.1, 0.15) is 31.0 Å². The first kappa shape index (κ1) is 24.3. The van der Waals surface area contributed by atoms with Crippen molar-refractivity contribution in [3.63, 3.8) is 0 Å². The van der Waals surface area contributed by atoms with Crippen molar-refractivity contribution in [2.45, 2.75) is 32.6 Å². The Morgan fingerprint density at radius 3 is 2.45 bits per heavy atom. The van der Waals surface area contributed by atoms with Gasteiger partial charge in [0.2, 0.25) is 5.91 Å². The molecule has 0 radical (unpaired) electrons. The fraction of sp³-hybridized carbons (Fsp3) is 0.273. The molecule has 3 aromatic rings. The SMILES string of the molecule is CCCCc1ccc(/N=c2/scc(CC(=O)Nc3ccc([N+](=O)[O-])cc3)n2C)cc1.Cl. The summed E-state index contributed by atoms with van der Waals surface area (Å²) in [6, 6.07) is 14.0. The Morgan fingerprint density at radius 1 is 1.16 bits per heavy atom. The highest BCUT2D eigenvalue weighted by molar-refractivity contribution is 7.07. The molecule has 0 atom stereocenters. The molecule has 3 rings (SSSR count). The summed E-state index contributed by atoms with van der Waals surface area (Å²) in [7, 11) is 1.89. The fourth-order valence-corrected chi connectivity index (χ4v) is 3.84. The monoisotopic (exact) mass is 460 g/mol. The summed E-state index contributed by atoms with van der Waals surface area (Å²) < 4.78 is 1.91. The topological polar surface area (TPSA) is 89.5 Å². The van der Waals surface area contributed by atoms with E-state index in [1.165, 1.54) is 54.0 Å². The lowest BCUT2D eigenvalue weighted by Gasteiger charge is -2.06. The van der Waals surface area contributed by atoms with Crippen molar-refractivity contribution in [3.05, 3.63) is 80.1 Å². The number of amides is 1. The molecule has 1 amide bonds. The number of aromatic nitrogens is 1.